The van der Waals surface area contributed by atoms with Crippen molar-refractivity contribution >= 4 is 17.8 Å². The van der Waals surface area contributed by atoms with Gasteiger partial charge in [0.2, 0.25) is 0 Å². The van der Waals surface area contributed by atoms with Gasteiger partial charge in [0, 0.05) is 37.2 Å². The number of hydrogen-bond acceptors (Lipinski definition) is 12. The molecule has 5 fully saturated rings. The number of ether oxygens (including phenoxy) is 5. The third kappa shape index (κ3) is 7.87. The first-order chi connectivity index (χ1) is 22.4. The maximum absolute atomic E-state index is 14.6. The Morgan fingerprint density at radius 1 is 1.12 bits per heavy atom. The van der Waals surface area contributed by atoms with E-state index in [1.807, 2.05) is 39.8 Å². The Morgan fingerprint density at radius 3 is 2.44 bits per heavy atom. The first-order valence-corrected chi connectivity index (χ1v) is 17.9. The topological polar surface area (TPSA) is 157 Å². The number of nitrogens with zero attached hydrogens (tertiary/aromatic N) is 1. The summed E-state index contributed by atoms with van der Waals surface area (Å²) in [5.74, 6) is -1.80. The lowest BCUT2D eigenvalue weighted by Gasteiger charge is -2.49. The lowest BCUT2D eigenvalue weighted by Crippen LogP contribution is -2.62. The maximum atomic E-state index is 14.6. The zero-order valence-electron chi connectivity index (χ0n) is 31.0. The minimum atomic E-state index is -1.56. The van der Waals surface area contributed by atoms with Gasteiger partial charge >= 0.3 is 12.1 Å². The summed E-state index contributed by atoms with van der Waals surface area (Å²) in [5.41, 5.74) is -3.70. The molecule has 5 rings (SSSR count). The Labute approximate surface area is 286 Å². The molecule has 5 aliphatic heterocycles. The number of rotatable bonds is 7. The van der Waals surface area contributed by atoms with Crippen LogP contribution in [0, 0.1) is 17.3 Å². The van der Waals surface area contributed by atoms with Crippen molar-refractivity contribution in [2.75, 3.05) is 33.8 Å². The summed E-state index contributed by atoms with van der Waals surface area (Å²) < 4.78 is 31.9. The quantitative estimate of drug-likeness (QED) is 0.230. The lowest BCUT2D eigenvalue weighted by atomic mass is 9.70. The number of carbonyl (C=O) groups excluding carboxylic acids is 3. The van der Waals surface area contributed by atoms with Crippen molar-refractivity contribution in [1.29, 1.82) is 0 Å². The van der Waals surface area contributed by atoms with Crippen LogP contribution in [0.5, 0.6) is 0 Å². The van der Waals surface area contributed by atoms with Gasteiger partial charge in [-0.25, -0.2) is 4.79 Å². The molecule has 13 heteroatoms. The van der Waals surface area contributed by atoms with Crippen molar-refractivity contribution in [1.82, 2.24) is 20.9 Å². The largest absolute Gasteiger partial charge is 0.457 e. The molecule has 276 valence electrons. The van der Waals surface area contributed by atoms with Crippen molar-refractivity contribution in [3.05, 3.63) is 0 Å². The van der Waals surface area contributed by atoms with E-state index in [0.717, 1.165) is 0 Å². The van der Waals surface area contributed by atoms with Crippen molar-refractivity contribution in [3.8, 4) is 0 Å². The van der Waals surface area contributed by atoms with E-state index in [9.17, 15) is 19.5 Å². The van der Waals surface area contributed by atoms with Gasteiger partial charge in [0.05, 0.1) is 23.9 Å². The van der Waals surface area contributed by atoms with E-state index in [0.29, 0.717) is 32.4 Å². The van der Waals surface area contributed by atoms with E-state index in [4.69, 9.17) is 23.7 Å². The molecule has 0 aliphatic carbocycles. The lowest BCUT2D eigenvalue weighted by molar-refractivity contribution is -0.301. The predicted molar refractivity (Wildman–Crippen MR) is 179 cm³/mol. The van der Waals surface area contributed by atoms with Crippen molar-refractivity contribution in [2.24, 2.45) is 17.3 Å². The normalized spacial score (nSPS) is 44.8. The van der Waals surface area contributed by atoms with E-state index >= 15 is 0 Å². The summed E-state index contributed by atoms with van der Waals surface area (Å²) in [4.78, 5) is 43.4. The number of aliphatic hydroxyl groups excluding tert-OH is 1. The van der Waals surface area contributed by atoms with Crippen LogP contribution in [0.3, 0.4) is 0 Å². The van der Waals surface area contributed by atoms with E-state index in [1.54, 1.807) is 20.8 Å². The average molecular weight is 683 g/mol. The molecule has 0 aromatic rings. The van der Waals surface area contributed by atoms with Crippen molar-refractivity contribution in [3.63, 3.8) is 0 Å². The molecule has 4 N–H and O–H groups in total. The van der Waals surface area contributed by atoms with Gasteiger partial charge in [0.25, 0.3) is 0 Å². The molecule has 0 radical (unpaired) electrons. The Hall–Kier alpha value is -1.87. The highest BCUT2D eigenvalue weighted by Gasteiger charge is 2.58. The fourth-order valence-corrected chi connectivity index (χ4v) is 8.27. The van der Waals surface area contributed by atoms with Crippen LogP contribution in [-0.2, 0) is 33.3 Å². The minimum Gasteiger partial charge on any atom is -0.457 e. The molecule has 0 saturated carbocycles. The van der Waals surface area contributed by atoms with E-state index in [-0.39, 0.29) is 49.0 Å². The zero-order chi connectivity index (χ0) is 35.8. The van der Waals surface area contributed by atoms with Crippen LogP contribution in [0.2, 0.25) is 0 Å². The number of ketones is 1. The summed E-state index contributed by atoms with van der Waals surface area (Å²) in [7, 11) is 3.85. The molecule has 0 aromatic heterocycles. The molecule has 0 aromatic carbocycles. The predicted octanol–water partition coefficient (Wildman–Crippen LogP) is 2.37. The fourth-order valence-electron chi connectivity index (χ4n) is 8.27. The van der Waals surface area contributed by atoms with Gasteiger partial charge < -0.3 is 49.6 Å². The molecule has 2 bridgehead atoms. The molecule has 13 nitrogen and oxygen atoms in total. The average Bonchev–Trinajstić information content (AvgIpc) is 3.33. The number of Topliss-reactive ketones (excluding diaryl/α,β-unsaturated/α-hetero) is 1. The second-order valence-electron chi connectivity index (χ2n) is 15.9. The maximum Gasteiger partial charge on any atom is 0.408 e. The smallest absolute Gasteiger partial charge is 0.408 e. The van der Waals surface area contributed by atoms with Gasteiger partial charge in [-0.1, -0.05) is 34.6 Å². The summed E-state index contributed by atoms with van der Waals surface area (Å²) in [6.07, 6.45) is -2.90. The molecular formula is C35H62N4O9. The number of aliphatic hydroxyl groups is 1. The first-order valence-electron chi connectivity index (χ1n) is 17.9. The number of hydrogen-bond donors (Lipinski definition) is 4. The van der Waals surface area contributed by atoms with E-state index in [2.05, 4.69) is 36.7 Å². The minimum absolute atomic E-state index is 0.0423. The highest BCUT2D eigenvalue weighted by molar-refractivity contribution is 6.04. The number of nitrogens with one attached hydrogen (secondary N) is 3. The van der Waals surface area contributed by atoms with Crippen molar-refractivity contribution in [2.45, 2.75) is 154 Å². The highest BCUT2D eigenvalue weighted by atomic mass is 16.7. The van der Waals surface area contributed by atoms with Crippen LogP contribution < -0.4 is 16.0 Å². The molecule has 5 aliphatic rings. The van der Waals surface area contributed by atoms with Crippen LogP contribution in [0.25, 0.3) is 0 Å². The summed E-state index contributed by atoms with van der Waals surface area (Å²) in [6, 6.07) is -0.711. The van der Waals surface area contributed by atoms with Gasteiger partial charge in [0.15, 0.2) is 17.7 Å². The second kappa shape index (κ2) is 15.2. The molecule has 5 saturated heterocycles. The SMILES string of the molecule is CC[C@H]1OC(=O)[C@@]2(C)CCO[C@@](C)(C[C@@H](C)CN[C@H](C)[C@H]3NC(=O)O[C@@]31C)[C@H](O[C@@H]1OC(CNC(C)C)CC(N(C)C)C1O)[C@@H](C)C2=O. The summed E-state index contributed by atoms with van der Waals surface area (Å²) in [6.45, 7) is 18.4. The van der Waals surface area contributed by atoms with Gasteiger partial charge in [-0.15, -0.1) is 0 Å². The zero-order valence-corrected chi connectivity index (χ0v) is 31.0. The first kappa shape index (κ1) is 38.9. The van der Waals surface area contributed by atoms with Gasteiger partial charge in [-0.05, 0) is 79.9 Å². The Kier molecular flexibility index (Phi) is 12.3. The molecule has 1 amide bonds. The van der Waals surface area contributed by atoms with Gasteiger partial charge in [0.1, 0.15) is 17.6 Å². The standard InChI is InChI=1S/C35H62N4O9/c1-12-25-35(9)27(38-32(43)48-35)22(6)37-17-20(4)16-34(8)29(21(5)28(41)33(7,13-14-44-34)31(42)46-25)47-30-26(40)24(39(10)11)15-23(45-30)18-36-19(2)3/h19-27,29-30,36-37,40H,12-18H2,1-11H3,(H,38,43)/t20-,21+,22-,23?,24?,25-,26?,27-,29-,30+,33+,34+,35-/m1/s1. The summed E-state index contributed by atoms with van der Waals surface area (Å²) in [5, 5.41) is 21.5. The summed E-state index contributed by atoms with van der Waals surface area (Å²) >= 11 is 0. The molecule has 13 atom stereocenters. The monoisotopic (exact) mass is 682 g/mol. The van der Waals surface area contributed by atoms with E-state index < -0.39 is 65.2 Å². The van der Waals surface area contributed by atoms with Crippen molar-refractivity contribution < 1.29 is 43.2 Å². The number of fused-ring (bicyclic) bond motifs is 10. The number of likely N-dealkylation sites (N-methyl/N-ethyl adjacent to an activating group) is 1. The number of carbonyl (C=O) groups is 3. The van der Waals surface area contributed by atoms with E-state index in [1.165, 1.54) is 0 Å². The van der Waals surface area contributed by atoms with Crippen LogP contribution in [0.15, 0.2) is 0 Å². The molecule has 5 heterocycles. The second-order valence-corrected chi connectivity index (χ2v) is 15.9. The fraction of sp³-hybridized carbons (Fsp3) is 0.914. The van der Waals surface area contributed by atoms with Crippen LogP contribution in [0.1, 0.15) is 88.0 Å². The molecule has 0 spiro atoms. The Bertz CT molecular complexity index is 1160. The molecule has 3 unspecified atom stereocenters. The third-order valence-corrected chi connectivity index (χ3v) is 11.2. The van der Waals surface area contributed by atoms with Crippen LogP contribution >= 0.6 is 0 Å². The Balaban J connectivity index is 1.74. The molecular weight excluding hydrogens is 620 g/mol. The van der Waals surface area contributed by atoms with Gasteiger partial charge in [-0.2, -0.15) is 0 Å². The number of amides is 1. The number of alkyl carbamates (subject to hydrolysis) is 1. The van der Waals surface area contributed by atoms with Gasteiger partial charge in [-0.3, -0.25) is 9.59 Å². The molecule has 48 heavy (non-hydrogen) atoms. The van der Waals surface area contributed by atoms with Crippen LogP contribution in [0.4, 0.5) is 4.79 Å². The Morgan fingerprint density at radius 2 is 1.81 bits per heavy atom. The highest BCUT2D eigenvalue weighted by Crippen LogP contribution is 2.43. The van der Waals surface area contributed by atoms with Crippen LogP contribution in [-0.4, -0.2) is 128 Å². The third-order valence-electron chi connectivity index (χ3n) is 11.2. The number of esters is 1.